The van der Waals surface area contributed by atoms with Crippen LogP contribution in [0.1, 0.15) is 22.6 Å². The molecule has 0 aliphatic carbocycles. The molecular formula is C66H79N21O2. The van der Waals surface area contributed by atoms with Crippen LogP contribution in [0.3, 0.4) is 0 Å². The second-order valence-electron chi connectivity index (χ2n) is 22.0. The Morgan fingerprint density at radius 1 is 0.472 bits per heavy atom. The van der Waals surface area contributed by atoms with Gasteiger partial charge in [0.1, 0.15) is 17.6 Å². The summed E-state index contributed by atoms with van der Waals surface area (Å²) >= 11 is 0. The largest absolute Gasteiger partial charge is 0.473 e. The van der Waals surface area contributed by atoms with Gasteiger partial charge < -0.3 is 67.0 Å². The molecule has 89 heavy (non-hydrogen) atoms. The maximum Gasteiger partial charge on any atom is 0.272 e. The van der Waals surface area contributed by atoms with Crippen LogP contribution < -0.4 is 38.3 Å². The van der Waals surface area contributed by atoms with Crippen LogP contribution >= 0.6 is 0 Å². The molecule has 23 heteroatoms. The molecule has 10 N–H and O–H groups in total. The van der Waals surface area contributed by atoms with Crippen LogP contribution in [-0.4, -0.2) is 172 Å². The molecule has 0 bridgehead atoms. The van der Waals surface area contributed by atoms with Gasteiger partial charge in [0.05, 0.1) is 77.6 Å². The van der Waals surface area contributed by atoms with E-state index in [4.69, 9.17) is 33.4 Å². The van der Waals surface area contributed by atoms with E-state index in [0.29, 0.717) is 40.0 Å². The van der Waals surface area contributed by atoms with Crippen molar-refractivity contribution in [1.29, 1.82) is 0 Å². The van der Waals surface area contributed by atoms with Gasteiger partial charge in [-0.2, -0.15) is 0 Å². The smallest absolute Gasteiger partial charge is 0.272 e. The van der Waals surface area contributed by atoms with Gasteiger partial charge in [0.25, 0.3) is 5.91 Å². The standard InChI is InChI=1S/C16H19N5O.C16H20N4O.C15H19N5.C10H11N3.C9H10N4/c1-20-6-8-21(9-7-20)16(22)15-3-2-12(10-19-15)13-4-5-18-11-14(13)17;1-11-13(14-5-7-18-9-15(14)17)3-4-16(19-11)21-12-6-8-20(2)10-12;1-19-6-8-20(9-7-19)15-3-2-12(10-18-15)13-4-5-17-11-14(13)16;1-13-6-2-3-10(13)8-4-5-12-7-9(8)11;1-13-6-12-5-9(13)7-2-3-11-4-8(7)10/h2-5,10-11H,6-9,17H2,1H3;3-5,7,9,12H,6,8,10,17H2,1-2H3;2-5,10-11H,6-9,16H2,1H3;2-7H,11H2,1H3;2-6H,10H2,1H3/t;12-;;;/m.0.../s1. The monoisotopic (exact) mass is 1200 g/mol. The summed E-state index contributed by atoms with van der Waals surface area (Å²) < 4.78 is 9.91. The Morgan fingerprint density at radius 2 is 0.989 bits per heavy atom. The zero-order chi connectivity index (χ0) is 62.8. The van der Waals surface area contributed by atoms with Gasteiger partial charge in [0.15, 0.2) is 0 Å². The lowest BCUT2D eigenvalue weighted by molar-refractivity contribution is 0.0658. The Balaban J connectivity index is 0.000000134. The molecule has 10 aromatic heterocycles. The second-order valence-corrected chi connectivity index (χ2v) is 22.0. The second kappa shape index (κ2) is 30.3. The Kier molecular flexibility index (Phi) is 21.5. The maximum absolute atomic E-state index is 12.4. The van der Waals surface area contributed by atoms with Gasteiger partial charge >= 0.3 is 0 Å². The summed E-state index contributed by atoms with van der Waals surface area (Å²) in [5.41, 5.74) is 44.0. The molecule has 1 atom stereocenters. The fraction of sp³-hybridized carbons (Fsp3) is 0.273. The van der Waals surface area contributed by atoms with E-state index in [-0.39, 0.29) is 12.0 Å². The first-order valence-electron chi connectivity index (χ1n) is 29.3. The summed E-state index contributed by atoms with van der Waals surface area (Å²) in [5.74, 6) is 1.71. The molecule has 1 amide bonds. The number of nitrogen functional groups attached to an aromatic ring is 5. The van der Waals surface area contributed by atoms with E-state index in [2.05, 4.69) is 97.7 Å². The van der Waals surface area contributed by atoms with Gasteiger partial charge in [-0.15, -0.1) is 0 Å². The SMILES string of the molecule is CN1CCN(C(=O)c2ccc(-c3ccncc3N)cn2)CC1.CN1CCN(c2ccc(-c3ccncc3N)cn2)CC1.Cc1nc(O[C@H]2CCN(C)C2)ccc1-c1ccncc1N.Cn1cccc1-c1ccncc1N.Cn1cncc1-c1ccncc1N. The highest BCUT2D eigenvalue weighted by atomic mass is 16.5. The number of ether oxygens (including phenoxy) is 1. The van der Waals surface area contributed by atoms with Crippen LogP contribution in [0.25, 0.3) is 55.9 Å². The van der Waals surface area contributed by atoms with Crippen molar-refractivity contribution in [3.8, 4) is 61.8 Å². The normalized spacial score (nSPS) is 15.0. The van der Waals surface area contributed by atoms with E-state index < -0.39 is 0 Å². The number of nitrogens with two attached hydrogens (primary N) is 5. The summed E-state index contributed by atoms with van der Waals surface area (Å²) in [4.78, 5) is 60.8. The maximum atomic E-state index is 12.4. The van der Waals surface area contributed by atoms with E-state index in [0.717, 1.165) is 139 Å². The minimum atomic E-state index is -0.0117. The highest BCUT2D eigenvalue weighted by Gasteiger charge is 2.23. The first-order chi connectivity index (χ1) is 43.1. The van der Waals surface area contributed by atoms with Crippen molar-refractivity contribution in [2.45, 2.75) is 19.4 Å². The van der Waals surface area contributed by atoms with Gasteiger partial charge in [-0.1, -0.05) is 6.07 Å². The Bertz CT molecular complexity index is 3790. The van der Waals surface area contributed by atoms with E-state index in [1.165, 1.54) is 0 Å². The molecule has 0 unspecified atom stereocenters. The molecule has 3 fully saturated rings. The van der Waals surface area contributed by atoms with Crippen molar-refractivity contribution in [1.82, 2.24) is 73.6 Å². The van der Waals surface area contributed by atoms with Gasteiger partial charge in [0.2, 0.25) is 5.88 Å². The molecule has 0 aromatic carbocycles. The molecule has 460 valence electrons. The number of rotatable bonds is 9. The Labute approximate surface area is 519 Å². The van der Waals surface area contributed by atoms with Crippen LogP contribution in [0.4, 0.5) is 34.3 Å². The quantitative estimate of drug-likeness (QED) is 0.0937. The lowest BCUT2D eigenvalue weighted by atomic mass is 10.0. The van der Waals surface area contributed by atoms with E-state index in [9.17, 15) is 4.79 Å². The number of anilines is 6. The molecule has 0 spiro atoms. The van der Waals surface area contributed by atoms with Gasteiger partial charge in [-0.05, 0) is 101 Å². The van der Waals surface area contributed by atoms with Gasteiger partial charge in [-0.3, -0.25) is 34.7 Å². The van der Waals surface area contributed by atoms with Crippen molar-refractivity contribution < 1.29 is 9.53 Å². The number of likely N-dealkylation sites (tertiary alicyclic amines) is 1. The molecule has 10 aromatic rings. The lowest BCUT2D eigenvalue weighted by Gasteiger charge is -2.33. The van der Waals surface area contributed by atoms with Crippen LogP contribution in [0.15, 0.2) is 172 Å². The number of pyridine rings is 8. The number of hydrogen-bond donors (Lipinski definition) is 5. The summed E-state index contributed by atoms with van der Waals surface area (Å²) in [6.07, 6.45) is 27.3. The van der Waals surface area contributed by atoms with Gasteiger partial charge in [0, 0.05) is 191 Å². The molecule has 13 heterocycles. The average molecular weight is 1200 g/mol. The molecule has 0 saturated carbocycles. The van der Waals surface area contributed by atoms with Crippen molar-refractivity contribution in [3.63, 3.8) is 0 Å². The van der Waals surface area contributed by atoms with Crippen LogP contribution in [0, 0.1) is 6.92 Å². The lowest BCUT2D eigenvalue weighted by Crippen LogP contribution is -2.47. The minimum Gasteiger partial charge on any atom is -0.473 e. The molecule has 3 aliphatic rings. The van der Waals surface area contributed by atoms with E-state index in [1.807, 2.05) is 108 Å². The molecule has 3 saturated heterocycles. The summed E-state index contributed by atoms with van der Waals surface area (Å²) in [6.45, 7) is 11.5. The van der Waals surface area contributed by atoms with Crippen molar-refractivity contribution in [3.05, 3.63) is 183 Å². The number of aryl methyl sites for hydroxylation is 3. The zero-order valence-corrected chi connectivity index (χ0v) is 51.4. The number of imidazole rings is 1. The zero-order valence-electron chi connectivity index (χ0n) is 51.4. The Hall–Kier alpha value is -10.4. The Morgan fingerprint density at radius 3 is 1.44 bits per heavy atom. The number of aromatic nitrogens is 11. The summed E-state index contributed by atoms with van der Waals surface area (Å²) in [6, 6.07) is 25.2. The summed E-state index contributed by atoms with van der Waals surface area (Å²) in [5, 5.41) is 0. The first kappa shape index (κ1) is 63.2. The third-order valence-electron chi connectivity index (χ3n) is 15.5. The number of carbonyl (C=O) groups is 1. The third-order valence-corrected chi connectivity index (χ3v) is 15.5. The molecule has 0 radical (unpaired) electrons. The van der Waals surface area contributed by atoms with E-state index in [1.54, 1.807) is 86.8 Å². The predicted molar refractivity (Wildman–Crippen MR) is 354 cm³/mol. The number of amides is 1. The molecule has 13 rings (SSSR count). The third kappa shape index (κ3) is 16.8. The topological polar surface area (TPSA) is 298 Å². The predicted octanol–water partition coefficient (Wildman–Crippen LogP) is 7.44. The highest BCUT2D eigenvalue weighted by molar-refractivity contribution is 5.93. The van der Waals surface area contributed by atoms with Crippen LogP contribution in [0.5, 0.6) is 5.88 Å². The number of hydrogen-bond acceptors (Lipinski definition) is 20. The van der Waals surface area contributed by atoms with Crippen LogP contribution in [0.2, 0.25) is 0 Å². The fourth-order valence-electron chi connectivity index (χ4n) is 10.3. The van der Waals surface area contributed by atoms with Crippen molar-refractivity contribution >= 4 is 40.2 Å². The first-order valence-corrected chi connectivity index (χ1v) is 29.3. The minimum absolute atomic E-state index is 0.0117. The highest BCUT2D eigenvalue weighted by Crippen LogP contribution is 2.31. The number of nitrogens with zero attached hydrogens (tertiary/aromatic N) is 16. The number of piperazine rings is 2. The van der Waals surface area contributed by atoms with E-state index >= 15 is 0 Å². The van der Waals surface area contributed by atoms with Crippen LogP contribution in [-0.2, 0) is 14.1 Å². The molecule has 23 nitrogen and oxygen atoms in total. The fourth-order valence-corrected chi connectivity index (χ4v) is 10.3. The summed E-state index contributed by atoms with van der Waals surface area (Å²) in [7, 11) is 10.3. The van der Waals surface area contributed by atoms with Crippen molar-refractivity contribution in [2.24, 2.45) is 14.1 Å². The van der Waals surface area contributed by atoms with Crippen molar-refractivity contribution in [2.75, 3.05) is 120 Å². The number of likely N-dealkylation sites (N-methyl/N-ethyl adjacent to an activating group) is 3. The van der Waals surface area contributed by atoms with Gasteiger partial charge in [-0.25, -0.2) is 15.0 Å². The number of carbonyl (C=O) groups excluding carboxylic acids is 1. The average Bonchev–Trinajstić information content (AvgIpc) is 2.81. The molecular weight excluding hydrogens is 1120 g/mol. The molecule has 3 aliphatic heterocycles.